The summed E-state index contributed by atoms with van der Waals surface area (Å²) in [6, 6.07) is 10.6. The third-order valence-corrected chi connectivity index (χ3v) is 5.70. The maximum Gasteiger partial charge on any atom is 0.471 e. The van der Waals surface area contributed by atoms with Gasteiger partial charge in [0.25, 0.3) is 0 Å². The van der Waals surface area contributed by atoms with Crippen molar-refractivity contribution in [1.29, 1.82) is 0 Å². The molecule has 0 spiro atoms. The second-order valence-corrected chi connectivity index (χ2v) is 8.31. The Kier molecular flexibility index (Phi) is 5.52. The number of rotatable bonds is 6. The summed E-state index contributed by atoms with van der Waals surface area (Å²) >= 11 is 0. The van der Waals surface area contributed by atoms with Crippen molar-refractivity contribution < 1.29 is 30.5 Å². The van der Waals surface area contributed by atoms with Crippen molar-refractivity contribution in [2.24, 2.45) is 0 Å². The van der Waals surface area contributed by atoms with Gasteiger partial charge >= 0.3 is 12.1 Å². The number of hydrogen-bond donors (Lipinski definition) is 1. The Balaban J connectivity index is 1.44. The van der Waals surface area contributed by atoms with E-state index in [0.717, 1.165) is 24.3 Å². The van der Waals surface area contributed by atoms with Crippen LogP contribution in [0.4, 0.5) is 17.6 Å². The molecule has 4 aromatic rings. The normalized spacial score (nSPS) is 12.2. The topological polar surface area (TPSA) is 103 Å². The minimum Gasteiger partial charge on any atom is -0.329 e. The largest absolute Gasteiger partial charge is 0.471 e. The van der Waals surface area contributed by atoms with Gasteiger partial charge in [0.15, 0.2) is 0 Å². The third-order valence-electron chi connectivity index (χ3n) is 4.28. The number of sulfonamides is 1. The lowest BCUT2D eigenvalue weighted by Crippen LogP contribution is -2.23. The van der Waals surface area contributed by atoms with Gasteiger partial charge in [0.2, 0.25) is 15.8 Å². The molecular formula is C19H13F4N5O3S. The van der Waals surface area contributed by atoms with Crippen molar-refractivity contribution in [3.63, 3.8) is 0 Å². The van der Waals surface area contributed by atoms with Crippen LogP contribution in [0.3, 0.4) is 0 Å². The molecule has 2 heterocycles. The Hall–Kier alpha value is -3.58. The van der Waals surface area contributed by atoms with Gasteiger partial charge in [0.1, 0.15) is 5.82 Å². The van der Waals surface area contributed by atoms with Crippen molar-refractivity contribution in [3.8, 4) is 17.1 Å². The standard InChI is InChI=1S/C19H13F4N5O3S/c20-14-3-7-16(8-4-14)32(29,30)25-10-12-9-24-28(11-12)15-5-1-13(2-6-15)17-26-18(31-27-17)19(21,22)23/h1-9,11,25H,10H2. The number of hydrogen-bond acceptors (Lipinski definition) is 6. The van der Waals surface area contributed by atoms with Gasteiger partial charge < -0.3 is 4.52 Å². The highest BCUT2D eigenvalue weighted by Gasteiger charge is 2.38. The van der Waals surface area contributed by atoms with E-state index in [-0.39, 0.29) is 17.3 Å². The van der Waals surface area contributed by atoms with E-state index in [1.807, 2.05) is 0 Å². The molecule has 0 atom stereocenters. The average molecular weight is 467 g/mol. The molecule has 0 radical (unpaired) electrons. The number of nitrogens with zero attached hydrogens (tertiary/aromatic N) is 4. The highest BCUT2D eigenvalue weighted by Crippen LogP contribution is 2.29. The lowest BCUT2D eigenvalue weighted by molar-refractivity contribution is -0.159. The van der Waals surface area contributed by atoms with Gasteiger partial charge in [-0.1, -0.05) is 5.16 Å². The molecule has 0 unspecified atom stereocenters. The predicted molar refractivity (Wildman–Crippen MR) is 102 cm³/mol. The first-order chi connectivity index (χ1) is 15.1. The summed E-state index contributed by atoms with van der Waals surface area (Å²) in [6.07, 6.45) is -1.69. The minimum atomic E-state index is -4.73. The molecule has 0 saturated heterocycles. The van der Waals surface area contributed by atoms with Crippen LogP contribution in [0.2, 0.25) is 0 Å². The van der Waals surface area contributed by atoms with Crippen molar-refractivity contribution >= 4 is 10.0 Å². The van der Waals surface area contributed by atoms with Crippen LogP contribution in [0.15, 0.2) is 70.3 Å². The molecule has 0 saturated carbocycles. The fourth-order valence-corrected chi connectivity index (χ4v) is 3.70. The van der Waals surface area contributed by atoms with Gasteiger partial charge in [0.05, 0.1) is 16.8 Å². The average Bonchev–Trinajstić information content (AvgIpc) is 3.43. The third kappa shape index (κ3) is 4.68. The van der Waals surface area contributed by atoms with E-state index in [1.54, 1.807) is 18.3 Å². The maximum absolute atomic E-state index is 13.0. The van der Waals surface area contributed by atoms with Crippen LogP contribution in [0.1, 0.15) is 11.5 Å². The Morgan fingerprint density at radius 2 is 1.72 bits per heavy atom. The summed E-state index contributed by atoms with van der Waals surface area (Å²) < 4.78 is 83.4. The van der Waals surface area contributed by atoms with Crippen molar-refractivity contribution in [2.45, 2.75) is 17.6 Å². The van der Waals surface area contributed by atoms with E-state index in [2.05, 4.69) is 24.5 Å². The molecule has 2 aromatic heterocycles. The summed E-state index contributed by atoms with van der Waals surface area (Å²) in [5.41, 5.74) is 1.43. The molecule has 166 valence electrons. The summed E-state index contributed by atoms with van der Waals surface area (Å²) in [6.45, 7) is -0.0547. The van der Waals surface area contributed by atoms with Crippen molar-refractivity contribution in [1.82, 2.24) is 24.6 Å². The zero-order valence-corrected chi connectivity index (χ0v) is 16.7. The molecule has 2 aromatic carbocycles. The first kappa shape index (κ1) is 21.6. The highest BCUT2D eigenvalue weighted by atomic mass is 32.2. The molecule has 0 aliphatic carbocycles. The fraction of sp³-hybridized carbons (Fsp3) is 0.105. The maximum atomic E-state index is 13.0. The van der Waals surface area contributed by atoms with E-state index < -0.39 is 27.9 Å². The molecule has 1 N–H and O–H groups in total. The highest BCUT2D eigenvalue weighted by molar-refractivity contribution is 7.89. The molecular weight excluding hydrogens is 454 g/mol. The Morgan fingerprint density at radius 1 is 1.03 bits per heavy atom. The van der Waals surface area contributed by atoms with Crippen molar-refractivity contribution in [3.05, 3.63) is 78.2 Å². The molecule has 8 nitrogen and oxygen atoms in total. The number of alkyl halides is 3. The Labute approximate surface area is 178 Å². The zero-order valence-electron chi connectivity index (χ0n) is 15.9. The first-order valence-corrected chi connectivity index (χ1v) is 10.4. The Bertz CT molecular complexity index is 1330. The van der Waals surface area contributed by atoms with E-state index in [1.165, 1.54) is 23.0 Å². The first-order valence-electron chi connectivity index (χ1n) is 8.92. The SMILES string of the molecule is O=S(=O)(NCc1cnn(-c2ccc(-c3noc(C(F)(F)F)n3)cc2)c1)c1ccc(F)cc1. The summed E-state index contributed by atoms with van der Waals surface area (Å²) in [5.74, 6) is -2.19. The predicted octanol–water partition coefficient (Wildman–Crippen LogP) is 3.56. The number of benzene rings is 2. The Morgan fingerprint density at radius 3 is 2.34 bits per heavy atom. The molecule has 0 bridgehead atoms. The van der Waals surface area contributed by atoms with Gasteiger partial charge in [-0.15, -0.1) is 0 Å². The van der Waals surface area contributed by atoms with E-state index in [9.17, 15) is 26.0 Å². The van der Waals surface area contributed by atoms with Crippen LogP contribution in [0, 0.1) is 5.82 Å². The zero-order chi connectivity index (χ0) is 22.9. The number of aromatic nitrogens is 4. The van der Waals surface area contributed by atoms with Crippen LogP contribution in [0.5, 0.6) is 0 Å². The molecule has 4 rings (SSSR count). The quantitative estimate of drug-likeness (QED) is 0.435. The van der Waals surface area contributed by atoms with Crippen molar-refractivity contribution in [2.75, 3.05) is 0 Å². The van der Waals surface area contributed by atoms with Crippen LogP contribution in [-0.2, 0) is 22.7 Å². The fourth-order valence-electron chi connectivity index (χ4n) is 2.69. The molecule has 0 fully saturated rings. The van der Waals surface area contributed by atoms with Crippen LogP contribution < -0.4 is 4.72 Å². The monoisotopic (exact) mass is 467 g/mol. The van der Waals surface area contributed by atoms with Crippen LogP contribution >= 0.6 is 0 Å². The van der Waals surface area contributed by atoms with E-state index in [0.29, 0.717) is 16.8 Å². The molecule has 32 heavy (non-hydrogen) atoms. The van der Waals surface area contributed by atoms with Crippen LogP contribution in [0.25, 0.3) is 17.1 Å². The summed E-state index contributed by atoms with van der Waals surface area (Å²) in [7, 11) is -3.83. The van der Waals surface area contributed by atoms with Crippen LogP contribution in [-0.4, -0.2) is 28.3 Å². The lowest BCUT2D eigenvalue weighted by Gasteiger charge is -2.05. The van der Waals surface area contributed by atoms with Gasteiger partial charge in [-0.05, 0) is 48.5 Å². The van der Waals surface area contributed by atoms with Gasteiger partial charge in [-0.3, -0.25) is 0 Å². The second-order valence-electron chi connectivity index (χ2n) is 6.54. The molecule has 13 heteroatoms. The van der Waals surface area contributed by atoms with E-state index in [4.69, 9.17) is 0 Å². The smallest absolute Gasteiger partial charge is 0.329 e. The number of nitrogens with one attached hydrogen (secondary N) is 1. The molecule has 0 aliphatic rings. The van der Waals surface area contributed by atoms with Gasteiger partial charge in [0, 0.05) is 23.9 Å². The molecule has 0 amide bonds. The minimum absolute atomic E-state index is 0.0547. The lowest BCUT2D eigenvalue weighted by atomic mass is 10.2. The summed E-state index contributed by atoms with van der Waals surface area (Å²) in [5, 5.41) is 7.47. The summed E-state index contributed by atoms with van der Waals surface area (Å²) in [4.78, 5) is 3.25. The second kappa shape index (κ2) is 8.16. The van der Waals surface area contributed by atoms with E-state index >= 15 is 0 Å². The van der Waals surface area contributed by atoms with Gasteiger partial charge in [-0.2, -0.15) is 23.3 Å². The number of halogens is 4. The molecule has 0 aliphatic heterocycles. The van der Waals surface area contributed by atoms with Gasteiger partial charge in [-0.25, -0.2) is 22.2 Å².